The molecule has 1 rings (SSSR count). The van der Waals surface area contributed by atoms with E-state index < -0.39 is 40.3 Å². The molecule has 9 heteroatoms. The van der Waals surface area contributed by atoms with Crippen LogP contribution in [0.15, 0.2) is 12.1 Å². The van der Waals surface area contributed by atoms with Gasteiger partial charge in [0.15, 0.2) is 0 Å². The van der Waals surface area contributed by atoms with Gasteiger partial charge in [-0.2, -0.15) is 4.39 Å². The fourth-order valence-electron chi connectivity index (χ4n) is 2.14. The molecule has 3 N–H and O–H groups in total. The minimum atomic E-state index is -1.45. The molecule has 0 saturated heterocycles. The number of nitrogens with one attached hydrogen (secondary N) is 1. The van der Waals surface area contributed by atoms with Crippen LogP contribution in [-0.2, 0) is 4.74 Å². The van der Waals surface area contributed by atoms with E-state index >= 15 is 0 Å². The molecule has 1 amide bonds. The first-order chi connectivity index (χ1) is 11.4. The Morgan fingerprint density at radius 3 is 2.52 bits per heavy atom. The van der Waals surface area contributed by atoms with Gasteiger partial charge in [-0.05, 0) is 51.3 Å². The van der Waals surface area contributed by atoms with Crippen LogP contribution in [-0.4, -0.2) is 39.5 Å². The highest BCUT2D eigenvalue weighted by Crippen LogP contribution is 2.28. The number of benzene rings is 1. The second-order valence-electron chi connectivity index (χ2n) is 6.65. The number of carbonyl (C=O) groups excluding carboxylic acids is 1. The molecular weight excluding hydrogens is 335 g/mol. The average molecular weight is 358 g/mol. The Hall–Kier alpha value is -2.26. The van der Waals surface area contributed by atoms with Gasteiger partial charge in [0.05, 0.1) is 11.0 Å². The third-order valence-corrected chi connectivity index (χ3v) is 3.32. The highest BCUT2D eigenvalue weighted by molar-refractivity contribution is 5.67. The lowest BCUT2D eigenvalue weighted by Crippen LogP contribution is -2.34. The summed E-state index contributed by atoms with van der Waals surface area (Å²) in [4.78, 5) is 21.3. The van der Waals surface area contributed by atoms with Gasteiger partial charge in [-0.3, -0.25) is 10.1 Å². The van der Waals surface area contributed by atoms with Gasteiger partial charge in [0.1, 0.15) is 11.7 Å². The Labute approximate surface area is 144 Å². The molecule has 2 atom stereocenters. The second-order valence-corrected chi connectivity index (χ2v) is 6.65. The maximum absolute atomic E-state index is 13.7. The zero-order valence-corrected chi connectivity index (χ0v) is 14.6. The molecule has 1 aromatic carbocycles. The monoisotopic (exact) mass is 358 g/mol. The minimum Gasteiger partial charge on any atom is -0.444 e. The van der Waals surface area contributed by atoms with Crippen molar-refractivity contribution in [2.75, 3.05) is 6.54 Å². The third-order valence-electron chi connectivity index (χ3n) is 3.32. The number of nitrogens with zero attached hydrogens (tertiary/aromatic N) is 1. The summed E-state index contributed by atoms with van der Waals surface area (Å²) in [5.74, 6) is -1.09. The zero-order chi connectivity index (χ0) is 19.4. The summed E-state index contributed by atoms with van der Waals surface area (Å²) < 4.78 is 18.7. The van der Waals surface area contributed by atoms with Gasteiger partial charge in [-0.25, -0.2) is 4.79 Å². The van der Waals surface area contributed by atoms with E-state index in [1.54, 1.807) is 20.8 Å². The van der Waals surface area contributed by atoms with Crippen LogP contribution < -0.4 is 5.32 Å². The standard InChI is InChI=1S/C16H23FN2O6/c1-9-7-12(19(23)24)11(17)8-10(9)14(21)13(20)5-6-18-15(22)25-16(2,3)4/h7-8,13-14,20-21H,5-6H2,1-4H3,(H,18,22). The summed E-state index contributed by atoms with van der Waals surface area (Å²) in [7, 11) is 0. The molecule has 0 aromatic heterocycles. The third kappa shape index (κ3) is 6.28. The summed E-state index contributed by atoms with van der Waals surface area (Å²) in [5, 5.41) is 33.3. The first-order valence-corrected chi connectivity index (χ1v) is 7.70. The van der Waals surface area contributed by atoms with E-state index in [4.69, 9.17) is 4.74 Å². The first kappa shape index (κ1) is 20.8. The van der Waals surface area contributed by atoms with E-state index in [0.29, 0.717) is 0 Å². The molecule has 8 nitrogen and oxygen atoms in total. The molecule has 0 fully saturated rings. The number of aliphatic hydroxyl groups is 2. The Kier molecular flexibility index (Phi) is 6.83. The summed E-state index contributed by atoms with van der Waals surface area (Å²) in [6.07, 6.45) is -3.42. The Balaban J connectivity index is 2.68. The molecule has 0 spiro atoms. The molecule has 0 aliphatic rings. The van der Waals surface area contributed by atoms with E-state index in [-0.39, 0.29) is 24.1 Å². The molecular formula is C16H23FN2O6. The smallest absolute Gasteiger partial charge is 0.407 e. The number of nitro groups is 1. The van der Waals surface area contributed by atoms with E-state index in [1.165, 1.54) is 6.92 Å². The summed E-state index contributed by atoms with van der Waals surface area (Å²) in [5.41, 5.74) is -1.03. The predicted molar refractivity (Wildman–Crippen MR) is 87.6 cm³/mol. The van der Waals surface area contributed by atoms with Gasteiger partial charge < -0.3 is 20.3 Å². The average Bonchev–Trinajstić information content (AvgIpc) is 2.46. The van der Waals surface area contributed by atoms with E-state index in [1.807, 2.05) is 0 Å². The van der Waals surface area contributed by atoms with Crippen LogP contribution in [0, 0.1) is 22.9 Å². The normalized spacial score (nSPS) is 13.9. The van der Waals surface area contributed by atoms with Gasteiger partial charge >= 0.3 is 11.8 Å². The number of aryl methyl sites for hydroxylation is 1. The molecule has 2 unspecified atom stereocenters. The van der Waals surface area contributed by atoms with Gasteiger partial charge in [0, 0.05) is 12.6 Å². The van der Waals surface area contributed by atoms with Crippen molar-refractivity contribution in [1.29, 1.82) is 0 Å². The maximum atomic E-state index is 13.7. The number of halogens is 1. The molecule has 0 saturated carbocycles. The molecule has 0 heterocycles. The van der Waals surface area contributed by atoms with Crippen LogP contribution >= 0.6 is 0 Å². The first-order valence-electron chi connectivity index (χ1n) is 7.70. The van der Waals surface area contributed by atoms with Crippen molar-refractivity contribution in [2.45, 2.75) is 51.9 Å². The zero-order valence-electron chi connectivity index (χ0n) is 14.6. The lowest BCUT2D eigenvalue weighted by Gasteiger charge is -2.22. The summed E-state index contributed by atoms with van der Waals surface area (Å²) >= 11 is 0. The molecule has 0 bridgehead atoms. The van der Waals surface area contributed by atoms with Crippen LogP contribution in [0.3, 0.4) is 0 Å². The van der Waals surface area contributed by atoms with Gasteiger partial charge in [-0.15, -0.1) is 0 Å². The van der Waals surface area contributed by atoms with E-state index in [0.717, 1.165) is 12.1 Å². The second kappa shape index (κ2) is 8.21. The Morgan fingerprint density at radius 1 is 1.40 bits per heavy atom. The molecule has 1 aromatic rings. The number of aliphatic hydroxyl groups excluding tert-OH is 2. The van der Waals surface area contributed by atoms with Crippen LogP contribution in [0.25, 0.3) is 0 Å². The lowest BCUT2D eigenvalue weighted by atomic mass is 9.97. The number of carbonyl (C=O) groups is 1. The molecule has 25 heavy (non-hydrogen) atoms. The van der Waals surface area contributed by atoms with Crippen molar-refractivity contribution < 1.29 is 29.1 Å². The number of alkyl carbamates (subject to hydrolysis) is 1. The number of ether oxygens (including phenoxy) is 1. The predicted octanol–water partition coefficient (Wildman–Crippen LogP) is 2.35. The fraction of sp³-hybridized carbons (Fsp3) is 0.562. The molecule has 0 aliphatic carbocycles. The van der Waals surface area contributed by atoms with Crippen LogP contribution in [0.1, 0.15) is 44.4 Å². The molecule has 0 radical (unpaired) electrons. The van der Waals surface area contributed by atoms with Gasteiger partial charge in [0.2, 0.25) is 5.82 Å². The van der Waals surface area contributed by atoms with Crippen molar-refractivity contribution in [1.82, 2.24) is 5.32 Å². The highest BCUT2D eigenvalue weighted by Gasteiger charge is 2.25. The van der Waals surface area contributed by atoms with E-state index in [2.05, 4.69) is 5.32 Å². The van der Waals surface area contributed by atoms with Crippen molar-refractivity contribution in [3.63, 3.8) is 0 Å². The number of rotatable bonds is 6. The fourth-order valence-corrected chi connectivity index (χ4v) is 2.14. The minimum absolute atomic E-state index is 0.0154. The SMILES string of the molecule is Cc1cc([N+](=O)[O-])c(F)cc1C(O)C(O)CCNC(=O)OC(C)(C)C. The quantitative estimate of drug-likeness (QED) is 0.530. The van der Waals surface area contributed by atoms with Crippen molar-refractivity contribution in [3.8, 4) is 0 Å². The van der Waals surface area contributed by atoms with Crippen LogP contribution in [0.5, 0.6) is 0 Å². The van der Waals surface area contributed by atoms with Crippen molar-refractivity contribution in [3.05, 3.63) is 39.2 Å². The van der Waals surface area contributed by atoms with Gasteiger partial charge in [-0.1, -0.05) is 0 Å². The Bertz CT molecular complexity index is 644. The largest absolute Gasteiger partial charge is 0.444 e. The van der Waals surface area contributed by atoms with Gasteiger partial charge in [0.25, 0.3) is 0 Å². The number of hydrogen-bond acceptors (Lipinski definition) is 6. The summed E-state index contributed by atoms with van der Waals surface area (Å²) in [6, 6.07) is 1.84. The summed E-state index contributed by atoms with van der Waals surface area (Å²) in [6.45, 7) is 6.61. The number of amides is 1. The molecule has 0 aliphatic heterocycles. The number of nitro benzene ring substituents is 1. The highest BCUT2D eigenvalue weighted by atomic mass is 19.1. The van der Waals surface area contributed by atoms with Crippen LogP contribution in [0.4, 0.5) is 14.9 Å². The molecule has 140 valence electrons. The van der Waals surface area contributed by atoms with Crippen LogP contribution in [0.2, 0.25) is 0 Å². The maximum Gasteiger partial charge on any atom is 0.407 e. The Morgan fingerprint density at radius 2 is 2.00 bits per heavy atom. The van der Waals surface area contributed by atoms with Crippen molar-refractivity contribution in [2.24, 2.45) is 0 Å². The topological polar surface area (TPSA) is 122 Å². The lowest BCUT2D eigenvalue weighted by molar-refractivity contribution is -0.387. The van der Waals surface area contributed by atoms with E-state index in [9.17, 15) is 29.5 Å². The number of hydrogen-bond donors (Lipinski definition) is 3. The van der Waals surface area contributed by atoms with Crippen molar-refractivity contribution >= 4 is 11.8 Å².